The van der Waals surface area contributed by atoms with Crippen LogP contribution in [0.25, 0.3) is 0 Å². The van der Waals surface area contributed by atoms with Crippen molar-refractivity contribution in [1.82, 2.24) is 4.90 Å². The molecule has 0 saturated carbocycles. The smallest absolute Gasteiger partial charge is 0.0593 e. The highest BCUT2D eigenvalue weighted by atomic mass is 32.1. The molecule has 110 valence electrons. The van der Waals surface area contributed by atoms with Crippen LogP contribution < -0.4 is 5.73 Å². The summed E-state index contributed by atoms with van der Waals surface area (Å²) in [6, 6.07) is 4.28. The van der Waals surface area contributed by atoms with Gasteiger partial charge in [0.15, 0.2) is 0 Å². The number of nitrogens with two attached hydrogens (primary N) is 1. The van der Waals surface area contributed by atoms with Crippen LogP contribution in [0.15, 0.2) is 12.1 Å². The average Bonchev–Trinajstić information content (AvgIpc) is 2.87. The first-order chi connectivity index (χ1) is 9.30. The summed E-state index contributed by atoms with van der Waals surface area (Å²) >= 11 is 1.79. The van der Waals surface area contributed by atoms with Gasteiger partial charge in [-0.15, -0.1) is 11.3 Å². The first-order valence-corrected chi connectivity index (χ1v) is 7.77. The molecule has 0 aliphatic heterocycles. The molecule has 0 spiro atoms. The predicted octanol–water partition coefficient (Wildman–Crippen LogP) is 2.08. The summed E-state index contributed by atoms with van der Waals surface area (Å²) < 4.78 is 10.9. The van der Waals surface area contributed by atoms with Crippen LogP contribution in [0.5, 0.6) is 0 Å². The molecule has 0 aromatic carbocycles. The van der Waals surface area contributed by atoms with Gasteiger partial charge < -0.3 is 15.2 Å². The molecular weight excluding hydrogens is 260 g/mol. The Kier molecular flexibility index (Phi) is 9.03. The van der Waals surface area contributed by atoms with E-state index in [-0.39, 0.29) is 0 Å². The summed E-state index contributed by atoms with van der Waals surface area (Å²) in [5, 5.41) is 0. The number of ether oxygens (including phenoxy) is 2. The molecule has 2 N–H and O–H groups in total. The molecule has 0 aliphatic carbocycles. The average molecular weight is 286 g/mol. The third-order valence-corrected chi connectivity index (χ3v) is 3.90. The van der Waals surface area contributed by atoms with Gasteiger partial charge in [-0.25, -0.2) is 0 Å². The minimum Gasteiger partial charge on any atom is -0.380 e. The van der Waals surface area contributed by atoms with Crippen molar-refractivity contribution < 1.29 is 9.47 Å². The Morgan fingerprint density at radius 2 is 1.63 bits per heavy atom. The lowest BCUT2D eigenvalue weighted by Crippen LogP contribution is -2.30. The van der Waals surface area contributed by atoms with Gasteiger partial charge in [-0.3, -0.25) is 4.90 Å². The van der Waals surface area contributed by atoms with Crippen LogP contribution in [0.1, 0.15) is 23.6 Å². The van der Waals surface area contributed by atoms with Crippen LogP contribution in [0, 0.1) is 0 Å². The van der Waals surface area contributed by atoms with E-state index in [1.165, 1.54) is 9.75 Å². The maximum absolute atomic E-state index is 5.65. The highest BCUT2D eigenvalue weighted by molar-refractivity contribution is 7.11. The maximum Gasteiger partial charge on any atom is 0.0593 e. The van der Waals surface area contributed by atoms with Gasteiger partial charge in [0.25, 0.3) is 0 Å². The van der Waals surface area contributed by atoms with E-state index in [0.29, 0.717) is 6.54 Å². The fraction of sp³-hybridized carbons (Fsp3) is 0.714. The minimum absolute atomic E-state index is 0.628. The molecule has 0 saturated heterocycles. The zero-order valence-corrected chi connectivity index (χ0v) is 12.9. The third kappa shape index (κ3) is 7.03. The van der Waals surface area contributed by atoms with Gasteiger partial charge >= 0.3 is 0 Å². The Labute approximate surface area is 120 Å². The standard InChI is InChI=1S/C14H26N2O2S/c1-3-17-9-7-16(8-10-18-4-2)12-14-6-5-13(11-15)19-14/h5-6H,3-4,7-12,15H2,1-2H3. The minimum atomic E-state index is 0.628. The normalized spacial score (nSPS) is 11.4. The highest BCUT2D eigenvalue weighted by Crippen LogP contribution is 2.17. The van der Waals surface area contributed by atoms with Gasteiger partial charge in [-0.05, 0) is 26.0 Å². The highest BCUT2D eigenvalue weighted by Gasteiger charge is 2.08. The molecule has 1 heterocycles. The Bertz CT molecular complexity index is 321. The van der Waals surface area contributed by atoms with Gasteiger partial charge in [0.2, 0.25) is 0 Å². The molecule has 1 rings (SSSR count). The van der Waals surface area contributed by atoms with Crippen LogP contribution in [-0.2, 0) is 22.6 Å². The molecule has 1 aromatic heterocycles. The number of thiophene rings is 1. The van der Waals surface area contributed by atoms with Crippen molar-refractivity contribution in [1.29, 1.82) is 0 Å². The fourth-order valence-corrected chi connectivity index (χ4v) is 2.72. The van der Waals surface area contributed by atoms with Crippen molar-refractivity contribution in [2.75, 3.05) is 39.5 Å². The number of hydrogen-bond donors (Lipinski definition) is 1. The molecule has 0 amide bonds. The second kappa shape index (κ2) is 10.3. The number of nitrogens with zero attached hydrogens (tertiary/aromatic N) is 1. The first-order valence-electron chi connectivity index (χ1n) is 6.95. The number of hydrogen-bond acceptors (Lipinski definition) is 5. The molecule has 0 radical (unpaired) electrons. The second-order valence-corrected chi connectivity index (χ2v) is 5.50. The molecule has 1 aromatic rings. The maximum atomic E-state index is 5.65. The molecule has 0 bridgehead atoms. The molecule has 0 unspecified atom stereocenters. The molecule has 4 nitrogen and oxygen atoms in total. The zero-order valence-electron chi connectivity index (χ0n) is 12.1. The van der Waals surface area contributed by atoms with E-state index in [4.69, 9.17) is 15.2 Å². The third-order valence-electron chi connectivity index (χ3n) is 2.81. The topological polar surface area (TPSA) is 47.7 Å². The monoisotopic (exact) mass is 286 g/mol. The van der Waals surface area contributed by atoms with Crippen molar-refractivity contribution in [2.45, 2.75) is 26.9 Å². The van der Waals surface area contributed by atoms with Gasteiger partial charge in [-0.1, -0.05) is 0 Å². The molecule has 19 heavy (non-hydrogen) atoms. The summed E-state index contributed by atoms with van der Waals surface area (Å²) in [5.74, 6) is 0. The van der Waals surface area contributed by atoms with Gasteiger partial charge in [0.05, 0.1) is 13.2 Å². The van der Waals surface area contributed by atoms with Crippen LogP contribution in [0.3, 0.4) is 0 Å². The fourth-order valence-electron chi connectivity index (χ4n) is 1.78. The van der Waals surface area contributed by atoms with Crippen molar-refractivity contribution in [3.05, 3.63) is 21.9 Å². The van der Waals surface area contributed by atoms with Crippen LogP contribution in [-0.4, -0.2) is 44.4 Å². The summed E-state index contributed by atoms with van der Waals surface area (Å²) in [7, 11) is 0. The van der Waals surface area contributed by atoms with E-state index in [1.807, 2.05) is 13.8 Å². The Morgan fingerprint density at radius 1 is 1.05 bits per heavy atom. The van der Waals surface area contributed by atoms with E-state index in [1.54, 1.807) is 11.3 Å². The first kappa shape index (κ1) is 16.6. The van der Waals surface area contributed by atoms with E-state index >= 15 is 0 Å². The Morgan fingerprint density at radius 3 is 2.11 bits per heavy atom. The van der Waals surface area contributed by atoms with E-state index in [9.17, 15) is 0 Å². The predicted molar refractivity (Wildman–Crippen MR) is 80.5 cm³/mol. The van der Waals surface area contributed by atoms with Gasteiger partial charge in [-0.2, -0.15) is 0 Å². The Balaban J connectivity index is 2.41. The summed E-state index contributed by atoms with van der Waals surface area (Å²) in [4.78, 5) is 4.97. The second-order valence-electron chi connectivity index (χ2n) is 4.24. The van der Waals surface area contributed by atoms with Crippen LogP contribution >= 0.6 is 11.3 Å². The summed E-state index contributed by atoms with van der Waals surface area (Å²) in [5.41, 5.74) is 5.65. The van der Waals surface area contributed by atoms with Crippen molar-refractivity contribution in [3.8, 4) is 0 Å². The lowest BCUT2D eigenvalue weighted by atomic mass is 10.4. The molecule has 0 atom stereocenters. The summed E-state index contributed by atoms with van der Waals surface area (Å²) in [6.45, 7) is 10.6. The van der Waals surface area contributed by atoms with Gasteiger partial charge in [0.1, 0.15) is 0 Å². The van der Waals surface area contributed by atoms with Crippen molar-refractivity contribution in [2.24, 2.45) is 5.73 Å². The largest absolute Gasteiger partial charge is 0.380 e. The quantitative estimate of drug-likeness (QED) is 0.633. The number of rotatable bonds is 11. The van der Waals surface area contributed by atoms with Crippen LogP contribution in [0.4, 0.5) is 0 Å². The van der Waals surface area contributed by atoms with Crippen molar-refractivity contribution in [3.63, 3.8) is 0 Å². The SMILES string of the molecule is CCOCCN(CCOCC)Cc1ccc(CN)s1. The summed E-state index contributed by atoms with van der Waals surface area (Å²) in [6.07, 6.45) is 0. The van der Waals surface area contributed by atoms with E-state index < -0.39 is 0 Å². The lowest BCUT2D eigenvalue weighted by molar-refractivity contribution is 0.0802. The molecule has 0 aliphatic rings. The van der Waals surface area contributed by atoms with E-state index in [2.05, 4.69) is 17.0 Å². The van der Waals surface area contributed by atoms with Gasteiger partial charge in [0, 0.05) is 49.1 Å². The molecule has 0 fully saturated rings. The lowest BCUT2D eigenvalue weighted by Gasteiger charge is -2.21. The zero-order chi connectivity index (χ0) is 13.9. The van der Waals surface area contributed by atoms with E-state index in [0.717, 1.165) is 46.1 Å². The molecular formula is C14H26N2O2S. The van der Waals surface area contributed by atoms with Crippen LogP contribution in [0.2, 0.25) is 0 Å². The van der Waals surface area contributed by atoms with Crippen molar-refractivity contribution >= 4 is 11.3 Å². The molecule has 5 heteroatoms. The Hall–Kier alpha value is -0.460.